The van der Waals surface area contributed by atoms with E-state index in [1.54, 1.807) is 19.2 Å². The summed E-state index contributed by atoms with van der Waals surface area (Å²) in [5.41, 5.74) is 2.32. The van der Waals surface area contributed by atoms with Gasteiger partial charge in [0.05, 0.1) is 6.10 Å². The Kier molecular flexibility index (Phi) is 3.78. The van der Waals surface area contributed by atoms with Crippen LogP contribution < -0.4 is 0 Å². The number of aromatic hydroxyl groups is 1. The SMILES string of the molecule is COC(Cc1ccc(O)cc1)c1ccccc1. The van der Waals surface area contributed by atoms with Gasteiger partial charge in [-0.25, -0.2) is 0 Å². The first-order valence-corrected chi connectivity index (χ1v) is 5.65. The zero-order valence-corrected chi connectivity index (χ0v) is 9.84. The Morgan fingerprint density at radius 2 is 1.65 bits per heavy atom. The van der Waals surface area contributed by atoms with Crippen molar-refractivity contribution in [1.82, 2.24) is 0 Å². The van der Waals surface area contributed by atoms with E-state index in [-0.39, 0.29) is 6.10 Å². The largest absolute Gasteiger partial charge is 0.508 e. The second-order valence-corrected chi connectivity index (χ2v) is 4.01. The van der Waals surface area contributed by atoms with Crippen LogP contribution in [0.15, 0.2) is 54.6 Å². The summed E-state index contributed by atoms with van der Waals surface area (Å²) in [4.78, 5) is 0. The second-order valence-electron chi connectivity index (χ2n) is 4.01. The van der Waals surface area contributed by atoms with Crippen molar-refractivity contribution in [2.75, 3.05) is 7.11 Å². The number of methoxy groups -OCH3 is 1. The highest BCUT2D eigenvalue weighted by Crippen LogP contribution is 2.22. The third-order valence-electron chi connectivity index (χ3n) is 2.81. The van der Waals surface area contributed by atoms with Gasteiger partial charge < -0.3 is 9.84 Å². The fraction of sp³-hybridized carbons (Fsp3) is 0.200. The molecule has 2 aromatic rings. The number of benzene rings is 2. The van der Waals surface area contributed by atoms with Gasteiger partial charge in [0.15, 0.2) is 0 Å². The van der Waals surface area contributed by atoms with Crippen LogP contribution in [0.25, 0.3) is 0 Å². The van der Waals surface area contributed by atoms with Gasteiger partial charge in [-0.3, -0.25) is 0 Å². The molecule has 0 heterocycles. The van der Waals surface area contributed by atoms with Gasteiger partial charge in [0.25, 0.3) is 0 Å². The standard InChI is InChI=1S/C15H16O2/c1-17-15(13-5-3-2-4-6-13)11-12-7-9-14(16)10-8-12/h2-10,15-16H,11H2,1H3. The van der Waals surface area contributed by atoms with Crippen molar-refractivity contribution < 1.29 is 9.84 Å². The monoisotopic (exact) mass is 228 g/mol. The highest BCUT2D eigenvalue weighted by Gasteiger charge is 2.10. The predicted molar refractivity (Wildman–Crippen MR) is 68.0 cm³/mol. The Hall–Kier alpha value is -1.80. The maximum Gasteiger partial charge on any atom is 0.115 e. The lowest BCUT2D eigenvalue weighted by atomic mass is 10.0. The molecule has 0 amide bonds. The van der Waals surface area contributed by atoms with Crippen LogP contribution in [0.1, 0.15) is 17.2 Å². The van der Waals surface area contributed by atoms with Crippen molar-refractivity contribution in [3.05, 3.63) is 65.7 Å². The first kappa shape index (κ1) is 11.7. The molecule has 0 radical (unpaired) electrons. The maximum atomic E-state index is 9.23. The van der Waals surface area contributed by atoms with Crippen molar-refractivity contribution in [2.24, 2.45) is 0 Å². The molecule has 0 bridgehead atoms. The van der Waals surface area contributed by atoms with Crippen molar-refractivity contribution in [3.8, 4) is 5.75 Å². The van der Waals surface area contributed by atoms with E-state index in [9.17, 15) is 5.11 Å². The Labute approximate surface area is 101 Å². The summed E-state index contributed by atoms with van der Waals surface area (Å²) < 4.78 is 5.51. The normalized spacial score (nSPS) is 12.3. The molecule has 0 saturated carbocycles. The molecule has 88 valence electrons. The average molecular weight is 228 g/mol. The summed E-state index contributed by atoms with van der Waals surface area (Å²) >= 11 is 0. The molecular weight excluding hydrogens is 212 g/mol. The van der Waals surface area contributed by atoms with Gasteiger partial charge in [0, 0.05) is 13.5 Å². The van der Waals surface area contributed by atoms with E-state index in [0.29, 0.717) is 5.75 Å². The Bertz CT molecular complexity index is 448. The summed E-state index contributed by atoms with van der Waals surface area (Å²) in [5.74, 6) is 0.294. The van der Waals surface area contributed by atoms with Gasteiger partial charge in [-0.1, -0.05) is 42.5 Å². The molecule has 0 spiro atoms. The number of hydrogen-bond donors (Lipinski definition) is 1. The zero-order valence-electron chi connectivity index (χ0n) is 9.84. The summed E-state index contributed by atoms with van der Waals surface area (Å²) in [6, 6.07) is 17.4. The molecule has 0 aliphatic heterocycles. The molecule has 0 aliphatic rings. The Morgan fingerprint density at radius 3 is 2.24 bits per heavy atom. The van der Waals surface area contributed by atoms with Gasteiger partial charge in [0.1, 0.15) is 5.75 Å². The van der Waals surface area contributed by atoms with E-state index in [1.807, 2.05) is 30.3 Å². The summed E-state index contributed by atoms with van der Waals surface area (Å²) in [6.45, 7) is 0. The van der Waals surface area contributed by atoms with E-state index >= 15 is 0 Å². The Morgan fingerprint density at radius 1 is 1.00 bits per heavy atom. The molecule has 1 atom stereocenters. The van der Waals surface area contributed by atoms with Gasteiger partial charge in [-0.15, -0.1) is 0 Å². The van der Waals surface area contributed by atoms with Crippen LogP contribution in [0.2, 0.25) is 0 Å². The lowest BCUT2D eigenvalue weighted by Crippen LogP contribution is -2.04. The van der Waals surface area contributed by atoms with Crippen LogP contribution in [0.5, 0.6) is 5.75 Å². The van der Waals surface area contributed by atoms with Crippen LogP contribution in [0, 0.1) is 0 Å². The van der Waals surface area contributed by atoms with Crippen LogP contribution in [-0.4, -0.2) is 12.2 Å². The van der Waals surface area contributed by atoms with Crippen molar-refractivity contribution >= 4 is 0 Å². The van der Waals surface area contributed by atoms with Gasteiger partial charge >= 0.3 is 0 Å². The lowest BCUT2D eigenvalue weighted by molar-refractivity contribution is 0.104. The van der Waals surface area contributed by atoms with E-state index < -0.39 is 0 Å². The third-order valence-corrected chi connectivity index (χ3v) is 2.81. The van der Waals surface area contributed by atoms with Crippen LogP contribution in [0.3, 0.4) is 0 Å². The first-order valence-electron chi connectivity index (χ1n) is 5.65. The summed E-state index contributed by atoms with van der Waals surface area (Å²) in [5, 5.41) is 9.23. The lowest BCUT2D eigenvalue weighted by Gasteiger charge is -2.15. The highest BCUT2D eigenvalue weighted by atomic mass is 16.5. The summed E-state index contributed by atoms with van der Waals surface area (Å²) in [6.07, 6.45) is 0.863. The van der Waals surface area contributed by atoms with Gasteiger partial charge in [-0.05, 0) is 23.3 Å². The molecule has 0 fully saturated rings. The molecule has 0 aromatic heterocycles. The Balaban J connectivity index is 2.13. The molecule has 0 aliphatic carbocycles. The topological polar surface area (TPSA) is 29.5 Å². The minimum Gasteiger partial charge on any atom is -0.508 e. The highest BCUT2D eigenvalue weighted by molar-refractivity contribution is 5.28. The molecule has 17 heavy (non-hydrogen) atoms. The molecule has 0 saturated heterocycles. The molecule has 2 heteroatoms. The van der Waals surface area contributed by atoms with E-state index in [0.717, 1.165) is 12.0 Å². The van der Waals surface area contributed by atoms with E-state index in [4.69, 9.17) is 4.74 Å². The maximum absolute atomic E-state index is 9.23. The fourth-order valence-electron chi connectivity index (χ4n) is 1.85. The number of rotatable bonds is 4. The molecule has 2 nitrogen and oxygen atoms in total. The number of hydrogen-bond acceptors (Lipinski definition) is 2. The number of ether oxygens (including phenoxy) is 1. The summed E-state index contributed by atoms with van der Waals surface area (Å²) in [7, 11) is 1.72. The molecule has 1 N–H and O–H groups in total. The predicted octanol–water partition coefficient (Wildman–Crippen LogP) is 3.32. The van der Waals surface area contributed by atoms with Gasteiger partial charge in [0.2, 0.25) is 0 Å². The zero-order chi connectivity index (χ0) is 12.1. The quantitative estimate of drug-likeness (QED) is 0.869. The smallest absolute Gasteiger partial charge is 0.115 e. The van der Waals surface area contributed by atoms with E-state index in [2.05, 4.69) is 12.1 Å². The van der Waals surface area contributed by atoms with Crippen LogP contribution >= 0.6 is 0 Å². The van der Waals surface area contributed by atoms with E-state index in [1.165, 1.54) is 5.56 Å². The molecular formula is C15H16O2. The number of phenolic OH excluding ortho intramolecular Hbond substituents is 1. The van der Waals surface area contributed by atoms with Crippen molar-refractivity contribution in [3.63, 3.8) is 0 Å². The minimum atomic E-state index is 0.0562. The molecule has 2 rings (SSSR count). The van der Waals surface area contributed by atoms with Crippen LogP contribution in [0.4, 0.5) is 0 Å². The second kappa shape index (κ2) is 5.51. The molecule has 1 unspecified atom stereocenters. The average Bonchev–Trinajstić information content (AvgIpc) is 2.39. The minimum absolute atomic E-state index is 0.0562. The first-order chi connectivity index (χ1) is 8.29. The van der Waals surface area contributed by atoms with Crippen molar-refractivity contribution in [1.29, 1.82) is 0 Å². The number of phenols is 1. The van der Waals surface area contributed by atoms with Crippen molar-refractivity contribution in [2.45, 2.75) is 12.5 Å². The fourth-order valence-corrected chi connectivity index (χ4v) is 1.85. The van der Waals surface area contributed by atoms with Crippen LogP contribution in [-0.2, 0) is 11.2 Å². The third kappa shape index (κ3) is 3.08. The van der Waals surface area contributed by atoms with Gasteiger partial charge in [-0.2, -0.15) is 0 Å². The molecule has 2 aromatic carbocycles.